The zero-order valence-electron chi connectivity index (χ0n) is 12.6. The molecule has 4 nitrogen and oxygen atoms in total. The van der Waals surface area contributed by atoms with Gasteiger partial charge in [-0.25, -0.2) is 4.98 Å². The van der Waals surface area contributed by atoms with Gasteiger partial charge in [0.15, 0.2) is 5.13 Å². The van der Waals surface area contributed by atoms with Crippen LogP contribution in [0.2, 0.25) is 0 Å². The standard InChI is InChI=1S/C16H25N3OS/c17-12-8-9-13-14(10-12)21-16(18-13)19-15(20)11-6-4-2-1-3-5-7-11/h11-12H,1-10,17H2,(H,18,19,20)/t12-/m0/s1. The predicted octanol–water partition coefficient (Wildman–Crippen LogP) is 3.26. The average molecular weight is 307 g/mol. The molecule has 1 aromatic rings. The van der Waals surface area contributed by atoms with Gasteiger partial charge in [-0.05, 0) is 32.1 Å². The Morgan fingerprint density at radius 1 is 1.14 bits per heavy atom. The van der Waals surface area contributed by atoms with Gasteiger partial charge in [0.1, 0.15) is 0 Å². The first-order valence-electron chi connectivity index (χ1n) is 8.27. The molecule has 1 aromatic heterocycles. The Morgan fingerprint density at radius 2 is 1.86 bits per heavy atom. The number of nitrogens with zero attached hydrogens (tertiary/aromatic N) is 1. The van der Waals surface area contributed by atoms with Crippen molar-refractivity contribution in [2.24, 2.45) is 11.7 Å². The number of anilines is 1. The van der Waals surface area contributed by atoms with Crippen molar-refractivity contribution in [1.82, 2.24) is 4.98 Å². The number of fused-ring (bicyclic) bond motifs is 1. The van der Waals surface area contributed by atoms with E-state index >= 15 is 0 Å². The third-order valence-corrected chi connectivity index (χ3v) is 5.72. The zero-order valence-corrected chi connectivity index (χ0v) is 13.4. The Morgan fingerprint density at radius 3 is 2.62 bits per heavy atom. The van der Waals surface area contributed by atoms with Crippen molar-refractivity contribution in [2.45, 2.75) is 70.3 Å². The van der Waals surface area contributed by atoms with Crippen LogP contribution in [0.15, 0.2) is 0 Å². The van der Waals surface area contributed by atoms with E-state index in [0.717, 1.165) is 42.9 Å². The van der Waals surface area contributed by atoms with Crippen molar-refractivity contribution in [3.05, 3.63) is 10.6 Å². The third kappa shape index (κ3) is 3.83. The van der Waals surface area contributed by atoms with E-state index < -0.39 is 0 Å². The van der Waals surface area contributed by atoms with Crippen LogP contribution in [0.5, 0.6) is 0 Å². The smallest absolute Gasteiger partial charge is 0.229 e. The topological polar surface area (TPSA) is 68.0 Å². The van der Waals surface area contributed by atoms with E-state index in [0.29, 0.717) is 0 Å². The molecule has 0 saturated heterocycles. The number of hydrogen-bond donors (Lipinski definition) is 2. The molecule has 2 aliphatic rings. The number of carbonyl (C=O) groups is 1. The number of hydrogen-bond acceptors (Lipinski definition) is 4. The Balaban J connectivity index is 1.61. The largest absolute Gasteiger partial charge is 0.327 e. The highest BCUT2D eigenvalue weighted by Crippen LogP contribution is 2.30. The van der Waals surface area contributed by atoms with Crippen molar-refractivity contribution in [2.75, 3.05) is 5.32 Å². The molecule has 1 heterocycles. The lowest BCUT2D eigenvalue weighted by atomic mass is 9.90. The molecular formula is C16H25N3OS. The molecule has 0 spiro atoms. The van der Waals surface area contributed by atoms with E-state index in [9.17, 15) is 4.79 Å². The number of amides is 1. The Hall–Kier alpha value is -0.940. The van der Waals surface area contributed by atoms with Gasteiger partial charge in [-0.15, -0.1) is 11.3 Å². The van der Waals surface area contributed by atoms with Gasteiger partial charge in [0.25, 0.3) is 0 Å². The first-order chi connectivity index (χ1) is 10.2. The number of aromatic nitrogens is 1. The third-order valence-electron chi connectivity index (χ3n) is 4.68. The number of rotatable bonds is 2. The monoisotopic (exact) mass is 307 g/mol. The number of thiazole rings is 1. The fraction of sp³-hybridized carbons (Fsp3) is 0.750. The van der Waals surface area contributed by atoms with Gasteiger partial charge in [0, 0.05) is 16.8 Å². The molecule has 1 amide bonds. The van der Waals surface area contributed by atoms with Crippen LogP contribution in [0.4, 0.5) is 5.13 Å². The van der Waals surface area contributed by atoms with Gasteiger partial charge in [-0.3, -0.25) is 4.79 Å². The van der Waals surface area contributed by atoms with Crippen LogP contribution in [0, 0.1) is 5.92 Å². The van der Waals surface area contributed by atoms with Gasteiger partial charge < -0.3 is 11.1 Å². The predicted molar refractivity (Wildman–Crippen MR) is 86.6 cm³/mol. The molecular weight excluding hydrogens is 282 g/mol. The van der Waals surface area contributed by atoms with Crippen molar-refractivity contribution in [1.29, 1.82) is 0 Å². The normalized spacial score (nSPS) is 24.0. The van der Waals surface area contributed by atoms with Crippen molar-refractivity contribution in [3.8, 4) is 0 Å². The first kappa shape index (κ1) is 15.0. The molecule has 3 N–H and O–H groups in total. The van der Waals surface area contributed by atoms with E-state index in [1.807, 2.05) is 0 Å². The maximum atomic E-state index is 12.4. The van der Waals surface area contributed by atoms with E-state index in [-0.39, 0.29) is 17.9 Å². The van der Waals surface area contributed by atoms with Crippen LogP contribution in [-0.4, -0.2) is 16.9 Å². The Labute approximate surface area is 130 Å². The Bertz CT molecular complexity index is 492. The first-order valence-corrected chi connectivity index (χ1v) is 9.09. The Kier molecular flexibility index (Phi) is 4.91. The van der Waals surface area contributed by atoms with Gasteiger partial charge in [-0.1, -0.05) is 32.1 Å². The quantitative estimate of drug-likeness (QED) is 0.881. The van der Waals surface area contributed by atoms with E-state index in [1.165, 1.54) is 37.0 Å². The van der Waals surface area contributed by atoms with Crippen LogP contribution >= 0.6 is 11.3 Å². The molecule has 1 atom stereocenters. The summed E-state index contributed by atoms with van der Waals surface area (Å²) in [6.45, 7) is 0. The lowest BCUT2D eigenvalue weighted by molar-refractivity contribution is -0.120. The van der Waals surface area contributed by atoms with Gasteiger partial charge in [-0.2, -0.15) is 0 Å². The maximum absolute atomic E-state index is 12.4. The summed E-state index contributed by atoms with van der Waals surface area (Å²) in [4.78, 5) is 18.3. The summed E-state index contributed by atoms with van der Waals surface area (Å²) in [5.41, 5.74) is 7.15. The second kappa shape index (κ2) is 6.88. The second-order valence-corrected chi connectivity index (χ2v) is 7.51. The van der Waals surface area contributed by atoms with Gasteiger partial charge in [0.05, 0.1) is 5.69 Å². The number of carbonyl (C=O) groups excluding carboxylic acids is 1. The fourth-order valence-electron chi connectivity index (χ4n) is 3.38. The van der Waals surface area contributed by atoms with Crippen molar-refractivity contribution >= 4 is 22.4 Å². The highest BCUT2D eigenvalue weighted by Gasteiger charge is 2.23. The van der Waals surface area contributed by atoms with E-state index in [4.69, 9.17) is 5.73 Å². The summed E-state index contributed by atoms with van der Waals surface area (Å²) in [5.74, 6) is 0.348. The molecule has 2 aliphatic carbocycles. The van der Waals surface area contributed by atoms with Gasteiger partial charge in [0.2, 0.25) is 5.91 Å². The molecule has 0 aliphatic heterocycles. The summed E-state index contributed by atoms with van der Waals surface area (Å²) >= 11 is 1.62. The molecule has 3 rings (SSSR count). The highest BCUT2D eigenvalue weighted by molar-refractivity contribution is 7.15. The maximum Gasteiger partial charge on any atom is 0.229 e. The van der Waals surface area contributed by atoms with Crippen molar-refractivity contribution < 1.29 is 4.79 Å². The summed E-state index contributed by atoms with van der Waals surface area (Å²) in [7, 11) is 0. The van der Waals surface area contributed by atoms with Crippen LogP contribution in [-0.2, 0) is 17.6 Å². The highest BCUT2D eigenvalue weighted by atomic mass is 32.1. The molecule has 0 aromatic carbocycles. The number of aryl methyl sites for hydroxylation is 1. The minimum atomic E-state index is 0.173. The summed E-state index contributed by atoms with van der Waals surface area (Å²) in [6, 6.07) is 0.257. The van der Waals surface area contributed by atoms with Gasteiger partial charge >= 0.3 is 0 Å². The van der Waals surface area contributed by atoms with Crippen LogP contribution in [0.1, 0.15) is 61.9 Å². The van der Waals surface area contributed by atoms with Crippen LogP contribution in [0.25, 0.3) is 0 Å². The molecule has 116 valence electrons. The summed E-state index contributed by atoms with van der Waals surface area (Å²) in [5, 5.41) is 3.84. The van der Waals surface area contributed by atoms with Crippen LogP contribution < -0.4 is 11.1 Å². The second-order valence-electron chi connectivity index (χ2n) is 6.42. The minimum Gasteiger partial charge on any atom is -0.327 e. The molecule has 1 saturated carbocycles. The van der Waals surface area contributed by atoms with E-state index in [1.54, 1.807) is 11.3 Å². The summed E-state index contributed by atoms with van der Waals surface area (Å²) in [6.07, 6.45) is 11.2. The number of nitrogens with one attached hydrogen (secondary N) is 1. The zero-order chi connectivity index (χ0) is 14.7. The molecule has 21 heavy (non-hydrogen) atoms. The molecule has 1 fully saturated rings. The molecule has 5 heteroatoms. The fourth-order valence-corrected chi connectivity index (χ4v) is 4.48. The lowest BCUT2D eigenvalue weighted by Crippen LogP contribution is -2.27. The SMILES string of the molecule is N[C@H]1CCc2nc(NC(=O)C3CCCCCCC3)sc2C1. The molecule has 0 bridgehead atoms. The van der Waals surface area contributed by atoms with E-state index in [2.05, 4.69) is 10.3 Å². The minimum absolute atomic E-state index is 0.173. The molecule has 0 unspecified atom stereocenters. The van der Waals surface area contributed by atoms with Crippen molar-refractivity contribution in [3.63, 3.8) is 0 Å². The average Bonchev–Trinajstić information content (AvgIpc) is 2.79. The number of nitrogens with two attached hydrogens (primary N) is 1. The molecule has 0 radical (unpaired) electrons. The lowest BCUT2D eigenvalue weighted by Gasteiger charge is -2.18. The summed E-state index contributed by atoms with van der Waals surface area (Å²) < 4.78 is 0. The van der Waals surface area contributed by atoms with Crippen LogP contribution in [0.3, 0.4) is 0 Å².